The van der Waals surface area contributed by atoms with Crippen LogP contribution >= 0.6 is 11.6 Å². The van der Waals surface area contributed by atoms with E-state index in [9.17, 15) is 9.59 Å². The first kappa shape index (κ1) is 16.1. The Bertz CT molecular complexity index is 802. The largest absolute Gasteiger partial charge is 0.465 e. The Morgan fingerprint density at radius 1 is 1.12 bits per heavy atom. The number of ether oxygens (including phenoxy) is 4. The minimum Gasteiger partial charge on any atom is -0.465 e. The summed E-state index contributed by atoms with van der Waals surface area (Å²) >= 11 is 6.04. The Balaban J connectivity index is 1.70. The molecule has 0 bridgehead atoms. The summed E-state index contributed by atoms with van der Waals surface area (Å²) in [7, 11) is 1.30. The number of carbonyl (C=O) groups is 2. The van der Waals surface area contributed by atoms with Crippen molar-refractivity contribution in [2.75, 3.05) is 13.9 Å². The zero-order valence-corrected chi connectivity index (χ0v) is 13.5. The molecule has 6 nitrogen and oxygen atoms in total. The molecule has 0 fully saturated rings. The fourth-order valence-corrected chi connectivity index (χ4v) is 2.49. The van der Waals surface area contributed by atoms with Gasteiger partial charge in [-0.05, 0) is 29.8 Å². The smallest absolute Gasteiger partial charge is 0.338 e. The predicted molar refractivity (Wildman–Crippen MR) is 84.5 cm³/mol. The molecule has 2 aromatic rings. The molecular formula is C17H13ClO6. The lowest BCUT2D eigenvalue weighted by atomic mass is 10.1. The lowest BCUT2D eigenvalue weighted by Crippen LogP contribution is -2.07. The molecule has 0 unspecified atom stereocenters. The van der Waals surface area contributed by atoms with Crippen molar-refractivity contribution in [2.24, 2.45) is 0 Å². The molecule has 0 spiro atoms. The topological polar surface area (TPSA) is 71.1 Å². The fraction of sp³-hybridized carbons (Fsp3) is 0.176. The summed E-state index contributed by atoms with van der Waals surface area (Å²) < 4.78 is 20.3. The molecule has 0 aromatic heterocycles. The van der Waals surface area contributed by atoms with E-state index in [1.54, 1.807) is 24.3 Å². The molecule has 0 amide bonds. The van der Waals surface area contributed by atoms with Crippen molar-refractivity contribution in [3.05, 3.63) is 58.1 Å². The maximum atomic E-state index is 12.2. The van der Waals surface area contributed by atoms with Crippen LogP contribution in [-0.2, 0) is 16.1 Å². The van der Waals surface area contributed by atoms with Gasteiger partial charge in [0.15, 0.2) is 11.5 Å². The highest BCUT2D eigenvalue weighted by molar-refractivity contribution is 6.32. The molecule has 0 saturated heterocycles. The molecule has 1 aliphatic heterocycles. The Morgan fingerprint density at radius 2 is 1.96 bits per heavy atom. The lowest BCUT2D eigenvalue weighted by Gasteiger charge is -2.08. The molecule has 0 saturated carbocycles. The molecule has 1 heterocycles. The normalized spacial score (nSPS) is 11.9. The van der Waals surface area contributed by atoms with Crippen molar-refractivity contribution in [2.45, 2.75) is 6.61 Å². The highest BCUT2D eigenvalue weighted by atomic mass is 35.5. The van der Waals surface area contributed by atoms with Crippen LogP contribution in [0.4, 0.5) is 0 Å². The van der Waals surface area contributed by atoms with Crippen LogP contribution in [0, 0.1) is 0 Å². The van der Waals surface area contributed by atoms with Gasteiger partial charge in [-0.2, -0.15) is 0 Å². The minimum atomic E-state index is -0.557. The van der Waals surface area contributed by atoms with Crippen molar-refractivity contribution in [1.29, 1.82) is 0 Å². The first-order valence-corrected chi connectivity index (χ1v) is 7.40. The molecule has 0 radical (unpaired) electrons. The molecule has 124 valence electrons. The SMILES string of the molecule is COC(=O)c1cccc(COC(=O)c2cc(Cl)c3c(c2)OCO3)c1. The first-order valence-electron chi connectivity index (χ1n) is 7.02. The Kier molecular flexibility index (Phi) is 4.57. The van der Waals surface area contributed by atoms with Crippen LogP contribution in [0.15, 0.2) is 36.4 Å². The highest BCUT2D eigenvalue weighted by Crippen LogP contribution is 2.39. The van der Waals surface area contributed by atoms with Crippen LogP contribution in [0.3, 0.4) is 0 Å². The van der Waals surface area contributed by atoms with Gasteiger partial charge in [0.2, 0.25) is 6.79 Å². The van der Waals surface area contributed by atoms with Crippen LogP contribution in [-0.4, -0.2) is 25.8 Å². The van der Waals surface area contributed by atoms with Gasteiger partial charge in [0.05, 0.1) is 23.3 Å². The van der Waals surface area contributed by atoms with Crippen LogP contribution in [0.2, 0.25) is 5.02 Å². The third-order valence-corrected chi connectivity index (χ3v) is 3.66. The Hall–Kier alpha value is -2.73. The Morgan fingerprint density at radius 3 is 2.75 bits per heavy atom. The van der Waals surface area contributed by atoms with E-state index >= 15 is 0 Å². The number of benzene rings is 2. The van der Waals surface area contributed by atoms with E-state index < -0.39 is 11.9 Å². The summed E-state index contributed by atoms with van der Waals surface area (Å²) in [6.07, 6.45) is 0. The number of methoxy groups -OCH3 is 1. The quantitative estimate of drug-likeness (QED) is 0.790. The molecule has 24 heavy (non-hydrogen) atoms. The maximum Gasteiger partial charge on any atom is 0.338 e. The van der Waals surface area contributed by atoms with Crippen molar-refractivity contribution in [3.63, 3.8) is 0 Å². The summed E-state index contributed by atoms with van der Waals surface area (Å²) in [4.78, 5) is 23.7. The van der Waals surface area contributed by atoms with Crippen LogP contribution in [0.5, 0.6) is 11.5 Å². The fourth-order valence-electron chi connectivity index (χ4n) is 2.22. The molecule has 0 atom stereocenters. The van der Waals surface area contributed by atoms with E-state index in [1.165, 1.54) is 19.2 Å². The van der Waals surface area contributed by atoms with Crippen molar-refractivity contribution < 1.29 is 28.5 Å². The number of hydrogen-bond acceptors (Lipinski definition) is 6. The number of hydrogen-bond donors (Lipinski definition) is 0. The average Bonchev–Trinajstić information content (AvgIpc) is 3.08. The third-order valence-electron chi connectivity index (χ3n) is 3.38. The number of fused-ring (bicyclic) bond motifs is 1. The van der Waals surface area contributed by atoms with Gasteiger partial charge in [0, 0.05) is 0 Å². The first-order chi connectivity index (χ1) is 11.6. The van der Waals surface area contributed by atoms with Gasteiger partial charge < -0.3 is 18.9 Å². The minimum absolute atomic E-state index is 0.00965. The lowest BCUT2D eigenvalue weighted by molar-refractivity contribution is 0.0472. The van der Waals surface area contributed by atoms with Crippen LogP contribution < -0.4 is 9.47 Å². The second-order valence-corrected chi connectivity index (χ2v) is 5.37. The molecule has 0 aliphatic carbocycles. The van der Waals surface area contributed by atoms with Gasteiger partial charge in [-0.15, -0.1) is 0 Å². The standard InChI is InChI=1S/C17H13ClO6/c1-21-16(19)11-4-2-3-10(5-11)8-22-17(20)12-6-13(18)15-14(7-12)23-9-24-15/h2-7H,8-9H2,1H3. The molecule has 1 aliphatic rings. The van der Waals surface area contributed by atoms with E-state index in [2.05, 4.69) is 4.74 Å². The van der Waals surface area contributed by atoms with Crippen molar-refractivity contribution >= 4 is 23.5 Å². The second-order valence-electron chi connectivity index (χ2n) is 4.96. The Labute approximate surface area is 142 Å². The summed E-state index contributed by atoms with van der Waals surface area (Å²) in [6.45, 7) is 0.0730. The third kappa shape index (κ3) is 3.28. The average molecular weight is 349 g/mol. The monoisotopic (exact) mass is 348 g/mol. The zero-order chi connectivity index (χ0) is 17.1. The van der Waals surface area contributed by atoms with E-state index in [0.29, 0.717) is 22.6 Å². The predicted octanol–water partition coefficient (Wildman–Crippen LogP) is 3.21. The molecule has 2 aromatic carbocycles. The summed E-state index contributed by atoms with van der Waals surface area (Å²) in [5.41, 5.74) is 1.31. The van der Waals surface area contributed by atoms with E-state index in [0.717, 1.165) is 0 Å². The molecule has 0 N–H and O–H groups in total. The number of esters is 2. The summed E-state index contributed by atoms with van der Waals surface area (Å²) in [5, 5.41) is 0.282. The summed E-state index contributed by atoms with van der Waals surface area (Å²) in [6, 6.07) is 9.63. The molecule has 7 heteroatoms. The maximum absolute atomic E-state index is 12.2. The van der Waals surface area contributed by atoms with Gasteiger partial charge in [0.1, 0.15) is 6.61 Å². The van der Waals surface area contributed by atoms with E-state index in [1.807, 2.05) is 0 Å². The van der Waals surface area contributed by atoms with Crippen molar-refractivity contribution in [1.82, 2.24) is 0 Å². The molecular weight excluding hydrogens is 336 g/mol. The van der Waals surface area contributed by atoms with E-state index in [4.69, 9.17) is 25.8 Å². The van der Waals surface area contributed by atoms with Gasteiger partial charge >= 0.3 is 11.9 Å². The zero-order valence-electron chi connectivity index (χ0n) is 12.7. The van der Waals surface area contributed by atoms with Crippen molar-refractivity contribution in [3.8, 4) is 11.5 Å². The molecule has 3 rings (SSSR count). The van der Waals surface area contributed by atoms with Gasteiger partial charge in [-0.25, -0.2) is 9.59 Å². The highest BCUT2D eigenvalue weighted by Gasteiger charge is 2.21. The van der Waals surface area contributed by atoms with Crippen LogP contribution in [0.25, 0.3) is 0 Å². The second kappa shape index (κ2) is 6.80. The van der Waals surface area contributed by atoms with E-state index in [-0.39, 0.29) is 24.0 Å². The summed E-state index contributed by atoms with van der Waals surface area (Å²) in [5.74, 6) is -0.189. The van der Waals surface area contributed by atoms with Gasteiger partial charge in [-0.3, -0.25) is 0 Å². The number of halogens is 1. The van der Waals surface area contributed by atoms with Crippen LogP contribution in [0.1, 0.15) is 26.3 Å². The van der Waals surface area contributed by atoms with Gasteiger partial charge in [-0.1, -0.05) is 23.7 Å². The van der Waals surface area contributed by atoms with Gasteiger partial charge in [0.25, 0.3) is 0 Å². The number of rotatable bonds is 4. The number of carbonyl (C=O) groups excluding carboxylic acids is 2.